The topological polar surface area (TPSA) is 42.9 Å². The lowest BCUT2D eigenvalue weighted by atomic mass is 10.0. The molecule has 3 aromatic rings. The molecule has 0 spiro atoms. The molecule has 0 aliphatic rings. The molecule has 3 nitrogen and oxygen atoms in total. The largest absolute Gasteiger partial charge is 0.294 e. The van der Waals surface area contributed by atoms with Crippen LogP contribution in [0, 0.1) is 5.82 Å². The van der Waals surface area contributed by atoms with Crippen molar-refractivity contribution < 1.29 is 9.18 Å². The van der Waals surface area contributed by atoms with Crippen LogP contribution in [-0.2, 0) is 6.42 Å². The number of hydrogen-bond donors (Lipinski definition) is 0. The van der Waals surface area contributed by atoms with E-state index in [0.717, 1.165) is 0 Å². The van der Waals surface area contributed by atoms with Crippen LogP contribution < -0.4 is 0 Å². The third-order valence-corrected chi connectivity index (χ3v) is 3.45. The molecule has 2 aromatic carbocycles. The first-order valence-corrected chi connectivity index (χ1v) is 6.70. The number of ketones is 1. The molecule has 21 heavy (non-hydrogen) atoms. The zero-order valence-electron chi connectivity index (χ0n) is 10.9. The lowest BCUT2D eigenvalue weighted by Gasteiger charge is -2.05. The van der Waals surface area contributed by atoms with Crippen LogP contribution in [-0.4, -0.2) is 15.8 Å². The molecule has 0 aliphatic carbocycles. The number of aromatic nitrogens is 2. The average molecular weight is 301 g/mol. The van der Waals surface area contributed by atoms with E-state index in [2.05, 4.69) is 9.97 Å². The quantitative estimate of drug-likeness (QED) is 0.690. The van der Waals surface area contributed by atoms with Crippen molar-refractivity contribution in [2.75, 3.05) is 0 Å². The Morgan fingerprint density at radius 2 is 1.95 bits per heavy atom. The van der Waals surface area contributed by atoms with Crippen LogP contribution in [0.2, 0.25) is 5.02 Å². The molecule has 3 rings (SSSR count). The van der Waals surface area contributed by atoms with Gasteiger partial charge in [0.15, 0.2) is 5.78 Å². The predicted octanol–water partition coefficient (Wildman–Crippen LogP) is 3.85. The van der Waals surface area contributed by atoms with Crippen molar-refractivity contribution in [2.24, 2.45) is 0 Å². The van der Waals surface area contributed by atoms with Gasteiger partial charge < -0.3 is 0 Å². The Kier molecular flexibility index (Phi) is 3.62. The van der Waals surface area contributed by atoms with E-state index >= 15 is 0 Å². The van der Waals surface area contributed by atoms with Gasteiger partial charge >= 0.3 is 0 Å². The lowest BCUT2D eigenvalue weighted by Crippen LogP contribution is -2.05. The lowest BCUT2D eigenvalue weighted by molar-refractivity contribution is 0.0994. The Labute approximate surface area is 125 Å². The molecule has 0 saturated carbocycles. The number of fused-ring (bicyclic) bond motifs is 1. The van der Waals surface area contributed by atoms with Crippen molar-refractivity contribution in [1.29, 1.82) is 0 Å². The van der Waals surface area contributed by atoms with Crippen molar-refractivity contribution >= 4 is 28.4 Å². The monoisotopic (exact) mass is 300 g/mol. The minimum atomic E-state index is -0.528. The van der Waals surface area contributed by atoms with Crippen LogP contribution in [0.15, 0.2) is 48.8 Å². The van der Waals surface area contributed by atoms with Gasteiger partial charge in [-0.3, -0.25) is 14.8 Å². The summed E-state index contributed by atoms with van der Waals surface area (Å²) >= 11 is 5.63. The van der Waals surface area contributed by atoms with Gasteiger partial charge in [0.2, 0.25) is 0 Å². The van der Waals surface area contributed by atoms with Crippen LogP contribution in [0.4, 0.5) is 4.39 Å². The molecule has 0 radical (unpaired) electrons. The molecule has 104 valence electrons. The maximum absolute atomic E-state index is 13.4. The van der Waals surface area contributed by atoms with E-state index in [9.17, 15) is 9.18 Å². The number of carbonyl (C=O) groups excluding carboxylic acids is 1. The highest BCUT2D eigenvalue weighted by atomic mass is 35.5. The van der Waals surface area contributed by atoms with Gasteiger partial charge in [0.1, 0.15) is 5.82 Å². The molecule has 0 unspecified atom stereocenters. The van der Waals surface area contributed by atoms with Crippen LogP contribution in [0.3, 0.4) is 0 Å². The fourth-order valence-electron chi connectivity index (χ4n) is 2.15. The molecular weight excluding hydrogens is 291 g/mol. The van der Waals surface area contributed by atoms with Gasteiger partial charge in [-0.2, -0.15) is 0 Å². The number of Topliss-reactive ketones (excluding diaryl/α,β-unsaturated/α-hetero) is 1. The third kappa shape index (κ3) is 2.76. The van der Waals surface area contributed by atoms with Gasteiger partial charge in [0.25, 0.3) is 0 Å². The van der Waals surface area contributed by atoms with Gasteiger partial charge in [-0.05, 0) is 29.8 Å². The molecule has 0 amide bonds. The van der Waals surface area contributed by atoms with E-state index < -0.39 is 5.82 Å². The van der Waals surface area contributed by atoms with Gasteiger partial charge in [-0.25, -0.2) is 4.39 Å². The molecule has 0 aliphatic heterocycles. The van der Waals surface area contributed by atoms with E-state index in [-0.39, 0.29) is 17.2 Å². The SMILES string of the molecule is O=C(Cc1ccc(Cl)c(F)c1)c1cccc2nccnc12. The highest BCUT2D eigenvalue weighted by Gasteiger charge is 2.13. The fourth-order valence-corrected chi connectivity index (χ4v) is 2.27. The van der Waals surface area contributed by atoms with Crippen molar-refractivity contribution in [3.63, 3.8) is 0 Å². The van der Waals surface area contributed by atoms with Crippen LogP contribution in [0.25, 0.3) is 11.0 Å². The summed E-state index contributed by atoms with van der Waals surface area (Å²) in [6, 6.07) is 9.61. The standard InChI is InChI=1S/C16H10ClFN2O/c17-12-5-4-10(8-13(12)18)9-15(21)11-2-1-3-14-16(11)20-7-6-19-14/h1-8H,9H2. The second-order valence-corrected chi connectivity index (χ2v) is 4.99. The van der Waals surface area contributed by atoms with E-state index in [4.69, 9.17) is 11.6 Å². The number of halogens is 2. The van der Waals surface area contributed by atoms with E-state index in [0.29, 0.717) is 22.2 Å². The summed E-state index contributed by atoms with van der Waals surface area (Å²) in [7, 11) is 0. The molecule has 1 aromatic heterocycles. The van der Waals surface area contributed by atoms with Gasteiger partial charge in [-0.15, -0.1) is 0 Å². The normalized spacial score (nSPS) is 10.8. The highest BCUT2D eigenvalue weighted by Crippen LogP contribution is 2.19. The molecule has 5 heteroatoms. The Morgan fingerprint density at radius 3 is 2.76 bits per heavy atom. The van der Waals surface area contributed by atoms with Gasteiger partial charge in [0, 0.05) is 24.4 Å². The smallest absolute Gasteiger partial charge is 0.169 e. The molecule has 1 heterocycles. The molecule has 0 atom stereocenters. The number of nitrogens with zero attached hydrogens (tertiary/aromatic N) is 2. The van der Waals surface area contributed by atoms with E-state index in [1.807, 2.05) is 0 Å². The first kappa shape index (κ1) is 13.6. The molecule has 0 fully saturated rings. The number of carbonyl (C=O) groups is 1. The average Bonchev–Trinajstić information content (AvgIpc) is 2.50. The second-order valence-electron chi connectivity index (χ2n) is 4.58. The third-order valence-electron chi connectivity index (χ3n) is 3.15. The van der Waals surface area contributed by atoms with Gasteiger partial charge in [-0.1, -0.05) is 23.7 Å². The summed E-state index contributed by atoms with van der Waals surface area (Å²) in [5, 5.41) is 0.0437. The van der Waals surface area contributed by atoms with E-state index in [1.54, 1.807) is 36.7 Å². The summed E-state index contributed by atoms with van der Waals surface area (Å²) < 4.78 is 13.4. The fraction of sp³-hybridized carbons (Fsp3) is 0.0625. The summed E-state index contributed by atoms with van der Waals surface area (Å²) in [6.45, 7) is 0. The number of rotatable bonds is 3. The Bertz CT molecular complexity index is 830. The van der Waals surface area contributed by atoms with Crippen molar-refractivity contribution in [3.8, 4) is 0 Å². The van der Waals surface area contributed by atoms with Crippen molar-refractivity contribution in [3.05, 3.63) is 70.8 Å². The van der Waals surface area contributed by atoms with Crippen LogP contribution in [0.1, 0.15) is 15.9 Å². The Hall–Kier alpha value is -2.33. The molecule has 0 N–H and O–H groups in total. The zero-order valence-corrected chi connectivity index (χ0v) is 11.6. The Morgan fingerprint density at radius 1 is 1.14 bits per heavy atom. The molecular formula is C16H10ClFN2O. The number of benzene rings is 2. The second kappa shape index (κ2) is 5.58. The molecule has 0 saturated heterocycles. The zero-order chi connectivity index (χ0) is 14.8. The molecule has 0 bridgehead atoms. The Balaban J connectivity index is 1.95. The number of hydrogen-bond acceptors (Lipinski definition) is 3. The van der Waals surface area contributed by atoms with Crippen LogP contribution >= 0.6 is 11.6 Å². The maximum atomic E-state index is 13.4. The van der Waals surface area contributed by atoms with Crippen molar-refractivity contribution in [1.82, 2.24) is 9.97 Å². The van der Waals surface area contributed by atoms with Crippen molar-refractivity contribution in [2.45, 2.75) is 6.42 Å². The summed E-state index contributed by atoms with van der Waals surface area (Å²) in [4.78, 5) is 20.8. The summed E-state index contributed by atoms with van der Waals surface area (Å²) in [5.41, 5.74) is 2.27. The highest BCUT2D eigenvalue weighted by molar-refractivity contribution is 6.30. The summed E-state index contributed by atoms with van der Waals surface area (Å²) in [5.74, 6) is -0.664. The first-order valence-electron chi connectivity index (χ1n) is 6.32. The first-order chi connectivity index (χ1) is 10.1. The minimum Gasteiger partial charge on any atom is -0.294 e. The summed E-state index contributed by atoms with van der Waals surface area (Å²) in [6.07, 6.45) is 3.20. The number of para-hydroxylation sites is 1. The predicted molar refractivity (Wildman–Crippen MR) is 79.0 cm³/mol. The van der Waals surface area contributed by atoms with E-state index in [1.165, 1.54) is 12.1 Å². The van der Waals surface area contributed by atoms with Crippen LogP contribution in [0.5, 0.6) is 0 Å². The minimum absolute atomic E-state index is 0.0437. The maximum Gasteiger partial charge on any atom is 0.169 e. The van der Waals surface area contributed by atoms with Gasteiger partial charge in [0.05, 0.1) is 16.1 Å².